The molecule has 1 aromatic rings. The molecular weight excluding hydrogens is 300 g/mol. The van der Waals surface area contributed by atoms with E-state index in [0.29, 0.717) is 17.4 Å². The fourth-order valence-electron chi connectivity index (χ4n) is 1.80. The zero-order valence-electron chi connectivity index (χ0n) is 13.7. The molecule has 7 heteroatoms. The Bertz CT molecular complexity index is 610. The van der Waals surface area contributed by atoms with Crippen molar-refractivity contribution in [3.8, 4) is 0 Å². The highest BCUT2D eigenvalue weighted by molar-refractivity contribution is 7.89. The molecule has 0 atom stereocenters. The number of hydrogen-bond acceptors (Lipinski definition) is 3. The summed E-state index contributed by atoms with van der Waals surface area (Å²) in [7, 11) is -0.459. The number of nitrogens with one attached hydrogen (secondary N) is 1. The van der Waals surface area contributed by atoms with Crippen LogP contribution in [0.4, 0.5) is 0 Å². The lowest BCUT2D eigenvalue weighted by Crippen LogP contribution is -2.33. The van der Waals surface area contributed by atoms with E-state index in [1.54, 1.807) is 24.3 Å². The average Bonchev–Trinajstić information content (AvgIpc) is 2.44. The summed E-state index contributed by atoms with van der Waals surface area (Å²) in [5.74, 6) is 0.920. The van der Waals surface area contributed by atoms with Crippen LogP contribution in [0.25, 0.3) is 0 Å². The number of sulfonamides is 1. The second kappa shape index (κ2) is 8.14. The first kappa shape index (κ1) is 18.4. The summed E-state index contributed by atoms with van der Waals surface area (Å²) in [6, 6.07) is 6.83. The van der Waals surface area contributed by atoms with Crippen LogP contribution < -0.4 is 11.1 Å². The van der Waals surface area contributed by atoms with Crippen LogP contribution >= 0.6 is 0 Å². The molecule has 0 heterocycles. The number of guanidine groups is 1. The highest BCUT2D eigenvalue weighted by Crippen LogP contribution is 2.19. The van der Waals surface area contributed by atoms with Gasteiger partial charge in [-0.2, -0.15) is 0 Å². The predicted molar refractivity (Wildman–Crippen MR) is 90.1 cm³/mol. The van der Waals surface area contributed by atoms with Crippen LogP contribution in [0.3, 0.4) is 0 Å². The van der Waals surface area contributed by atoms with Crippen LogP contribution in [-0.4, -0.2) is 39.3 Å². The summed E-state index contributed by atoms with van der Waals surface area (Å²) in [5.41, 5.74) is 6.44. The minimum atomic E-state index is -3.48. The molecule has 1 rings (SSSR count). The van der Waals surface area contributed by atoms with Crippen LogP contribution in [0.5, 0.6) is 0 Å². The largest absolute Gasteiger partial charge is 0.370 e. The van der Waals surface area contributed by atoms with Crippen LogP contribution in [0, 0.1) is 5.92 Å². The lowest BCUT2D eigenvalue weighted by Gasteiger charge is -2.14. The minimum Gasteiger partial charge on any atom is -0.370 e. The van der Waals surface area contributed by atoms with Crippen molar-refractivity contribution in [3.05, 3.63) is 29.8 Å². The zero-order chi connectivity index (χ0) is 16.8. The van der Waals surface area contributed by atoms with Crippen molar-refractivity contribution in [3.63, 3.8) is 0 Å². The van der Waals surface area contributed by atoms with Gasteiger partial charge in [-0.05, 0) is 24.0 Å². The predicted octanol–water partition coefficient (Wildman–Crippen LogP) is 1.39. The van der Waals surface area contributed by atoms with Crippen molar-refractivity contribution in [2.75, 3.05) is 20.6 Å². The molecule has 0 aliphatic heterocycles. The molecular formula is C15H26N4O2S. The first-order valence-corrected chi connectivity index (χ1v) is 8.73. The van der Waals surface area contributed by atoms with Gasteiger partial charge in [-0.1, -0.05) is 32.0 Å². The summed E-state index contributed by atoms with van der Waals surface area (Å²) in [4.78, 5) is 4.49. The second-order valence-corrected chi connectivity index (χ2v) is 7.83. The maximum atomic E-state index is 12.3. The van der Waals surface area contributed by atoms with Gasteiger partial charge >= 0.3 is 0 Å². The Morgan fingerprint density at radius 3 is 2.55 bits per heavy atom. The SMILES string of the molecule is CC(C)CCNC(N)=NCc1ccccc1S(=O)(=O)N(C)C. The van der Waals surface area contributed by atoms with Gasteiger partial charge in [0.25, 0.3) is 0 Å². The Labute approximate surface area is 133 Å². The number of aliphatic imine (C=N–C) groups is 1. The molecule has 0 radical (unpaired) electrons. The second-order valence-electron chi connectivity index (χ2n) is 5.71. The van der Waals surface area contributed by atoms with Crippen LogP contribution in [0.15, 0.2) is 34.2 Å². The number of rotatable bonds is 7. The molecule has 22 heavy (non-hydrogen) atoms. The molecule has 0 saturated heterocycles. The fourth-order valence-corrected chi connectivity index (χ4v) is 2.91. The lowest BCUT2D eigenvalue weighted by molar-refractivity contribution is 0.519. The Balaban J connectivity index is 2.83. The topological polar surface area (TPSA) is 87.8 Å². The van der Waals surface area contributed by atoms with Crippen LogP contribution in [-0.2, 0) is 16.6 Å². The Kier molecular flexibility index (Phi) is 6.83. The maximum Gasteiger partial charge on any atom is 0.242 e. The summed E-state index contributed by atoms with van der Waals surface area (Å²) in [5, 5.41) is 3.03. The third-order valence-electron chi connectivity index (χ3n) is 3.18. The first-order chi connectivity index (χ1) is 10.2. The Morgan fingerprint density at radius 2 is 1.95 bits per heavy atom. The van der Waals surface area contributed by atoms with Crippen molar-refractivity contribution >= 4 is 16.0 Å². The van der Waals surface area contributed by atoms with Crippen molar-refractivity contribution in [1.82, 2.24) is 9.62 Å². The molecule has 0 aliphatic rings. The lowest BCUT2D eigenvalue weighted by atomic mass is 10.1. The first-order valence-electron chi connectivity index (χ1n) is 7.29. The maximum absolute atomic E-state index is 12.3. The Morgan fingerprint density at radius 1 is 1.32 bits per heavy atom. The van der Waals surface area contributed by atoms with Crippen LogP contribution in [0.2, 0.25) is 0 Å². The third kappa shape index (κ3) is 5.31. The van der Waals surface area contributed by atoms with Crippen molar-refractivity contribution in [2.45, 2.75) is 31.7 Å². The molecule has 0 amide bonds. The normalized spacial score (nSPS) is 12.9. The summed E-state index contributed by atoms with van der Waals surface area (Å²) >= 11 is 0. The van der Waals surface area contributed by atoms with Gasteiger partial charge in [-0.15, -0.1) is 0 Å². The number of benzene rings is 1. The minimum absolute atomic E-state index is 0.226. The van der Waals surface area contributed by atoms with E-state index in [2.05, 4.69) is 24.2 Å². The number of nitrogens with two attached hydrogens (primary N) is 1. The summed E-state index contributed by atoms with van der Waals surface area (Å²) in [6.07, 6.45) is 1.00. The van der Waals surface area contributed by atoms with Crippen LogP contribution in [0.1, 0.15) is 25.8 Å². The molecule has 0 fully saturated rings. The molecule has 0 unspecified atom stereocenters. The summed E-state index contributed by atoms with van der Waals surface area (Å²) < 4.78 is 25.7. The highest BCUT2D eigenvalue weighted by Gasteiger charge is 2.20. The standard InChI is InChI=1S/C15H26N4O2S/c1-12(2)9-10-17-15(16)18-11-13-7-5-6-8-14(13)22(20,21)19(3)4/h5-8,12H,9-11H2,1-4H3,(H3,16,17,18). The number of hydrogen-bond donors (Lipinski definition) is 2. The molecule has 6 nitrogen and oxygen atoms in total. The van der Waals surface area contributed by atoms with E-state index in [1.165, 1.54) is 18.4 Å². The van der Waals surface area contributed by atoms with Crippen molar-refractivity contribution in [1.29, 1.82) is 0 Å². The van der Waals surface area contributed by atoms with Gasteiger partial charge < -0.3 is 11.1 Å². The van der Waals surface area contributed by atoms with E-state index in [4.69, 9.17) is 5.73 Å². The summed E-state index contributed by atoms with van der Waals surface area (Å²) in [6.45, 7) is 5.25. The van der Waals surface area contributed by atoms with Gasteiger partial charge in [0, 0.05) is 20.6 Å². The number of nitrogens with zero attached hydrogens (tertiary/aromatic N) is 2. The van der Waals surface area contributed by atoms with Gasteiger partial charge in [0.05, 0.1) is 11.4 Å². The quantitative estimate of drug-likeness (QED) is 0.585. The molecule has 124 valence electrons. The van der Waals surface area contributed by atoms with E-state index in [9.17, 15) is 8.42 Å². The molecule has 1 aromatic carbocycles. The van der Waals surface area contributed by atoms with E-state index >= 15 is 0 Å². The average molecular weight is 326 g/mol. The molecule has 0 aromatic heterocycles. The van der Waals surface area contributed by atoms with E-state index in [1.807, 2.05) is 0 Å². The molecule has 0 bridgehead atoms. The van der Waals surface area contributed by atoms with Gasteiger partial charge in [0.2, 0.25) is 10.0 Å². The van der Waals surface area contributed by atoms with Gasteiger partial charge in [-0.3, -0.25) is 0 Å². The van der Waals surface area contributed by atoms with E-state index in [-0.39, 0.29) is 11.4 Å². The molecule has 3 N–H and O–H groups in total. The van der Waals surface area contributed by atoms with Gasteiger partial charge in [-0.25, -0.2) is 17.7 Å². The zero-order valence-corrected chi connectivity index (χ0v) is 14.5. The van der Waals surface area contributed by atoms with Gasteiger partial charge in [0.1, 0.15) is 0 Å². The van der Waals surface area contributed by atoms with E-state index < -0.39 is 10.0 Å². The third-order valence-corrected chi connectivity index (χ3v) is 5.09. The van der Waals surface area contributed by atoms with E-state index in [0.717, 1.165) is 13.0 Å². The van der Waals surface area contributed by atoms with Gasteiger partial charge in [0.15, 0.2) is 5.96 Å². The fraction of sp³-hybridized carbons (Fsp3) is 0.533. The molecule has 0 saturated carbocycles. The smallest absolute Gasteiger partial charge is 0.242 e. The molecule has 0 aliphatic carbocycles. The van der Waals surface area contributed by atoms with Crippen molar-refractivity contribution in [2.24, 2.45) is 16.6 Å². The van der Waals surface area contributed by atoms with Crippen molar-refractivity contribution < 1.29 is 8.42 Å². The Hall–Kier alpha value is -1.60. The molecule has 0 spiro atoms. The monoisotopic (exact) mass is 326 g/mol. The highest BCUT2D eigenvalue weighted by atomic mass is 32.2.